The van der Waals surface area contributed by atoms with Gasteiger partial charge in [-0.25, -0.2) is 4.98 Å². The van der Waals surface area contributed by atoms with Gasteiger partial charge in [-0.2, -0.15) is 0 Å². The number of carbonyl (C=O) groups excluding carboxylic acids is 1. The van der Waals surface area contributed by atoms with Crippen LogP contribution in [0.5, 0.6) is 11.5 Å². The van der Waals surface area contributed by atoms with E-state index in [0.29, 0.717) is 10.7 Å². The number of hydrogen-bond donors (Lipinski definition) is 1. The molecule has 0 saturated carbocycles. The molecule has 1 N–H and O–H groups in total. The predicted octanol–water partition coefficient (Wildman–Crippen LogP) is -1.30. The molecule has 3 aromatic carbocycles. The van der Waals surface area contributed by atoms with E-state index in [2.05, 4.69) is 22.4 Å². The second kappa shape index (κ2) is 10.2. The lowest BCUT2D eigenvalue weighted by molar-refractivity contribution is -0.597. The van der Waals surface area contributed by atoms with Crippen LogP contribution in [0.1, 0.15) is 10.4 Å². The maximum Gasteiger partial charge on any atom is 0.357 e. The Hall–Kier alpha value is -2.17. The standard InChI is InChI=1S/C22H17IN2O3S.BrH/c1-27-17-9-7-16(8-10-17)23-15-5-3-14(4-6-15)21(26)25-22-24-19-12-11-18(28-2)13-20(19)29-22;/h3-13H,1-2H3;1H. The number of halogens is 2. The van der Waals surface area contributed by atoms with E-state index in [-0.39, 0.29) is 44.1 Å². The molecule has 4 aromatic rings. The zero-order chi connectivity index (χ0) is 20.2. The van der Waals surface area contributed by atoms with Crippen LogP contribution in [0.3, 0.4) is 0 Å². The lowest BCUT2D eigenvalue weighted by Gasteiger charge is -2.00. The van der Waals surface area contributed by atoms with E-state index in [1.807, 2.05) is 54.6 Å². The summed E-state index contributed by atoms with van der Waals surface area (Å²) in [5.41, 5.74) is 1.45. The van der Waals surface area contributed by atoms with E-state index in [1.54, 1.807) is 14.2 Å². The summed E-state index contributed by atoms with van der Waals surface area (Å²) in [7, 11) is 3.30. The van der Waals surface area contributed by atoms with Gasteiger partial charge in [-0.05, 0) is 66.7 Å². The van der Waals surface area contributed by atoms with E-state index in [1.165, 1.54) is 18.5 Å². The Kier molecular flexibility index (Phi) is 7.68. The highest BCUT2D eigenvalue weighted by Crippen LogP contribution is 2.29. The normalized spacial score (nSPS) is 10.3. The Balaban J connectivity index is 0.00000256. The minimum Gasteiger partial charge on any atom is -1.00 e. The predicted molar refractivity (Wildman–Crippen MR) is 111 cm³/mol. The van der Waals surface area contributed by atoms with Gasteiger partial charge in [0.05, 0.1) is 24.4 Å². The van der Waals surface area contributed by atoms with Crippen molar-refractivity contribution in [1.82, 2.24) is 4.98 Å². The molecule has 0 aliphatic heterocycles. The van der Waals surface area contributed by atoms with E-state index in [0.717, 1.165) is 21.7 Å². The number of fused-ring (bicyclic) bond motifs is 1. The van der Waals surface area contributed by atoms with Crippen LogP contribution in [0.4, 0.5) is 5.13 Å². The third kappa shape index (κ3) is 5.30. The molecule has 0 aliphatic carbocycles. The number of aromatic nitrogens is 1. The fourth-order valence-corrected chi connectivity index (χ4v) is 5.73. The quantitative estimate of drug-likeness (QED) is 0.281. The minimum absolute atomic E-state index is 0. The molecule has 0 aliphatic rings. The van der Waals surface area contributed by atoms with Gasteiger partial charge < -0.3 is 26.5 Å². The SMILES string of the molecule is COc1ccc([I+]c2ccc(C(=O)Nc3nc4ccc(OC)cc4s3)cc2)cc1.[Br-]. The summed E-state index contributed by atoms with van der Waals surface area (Å²) < 4.78 is 14.0. The average molecular weight is 597 g/mol. The molecule has 1 amide bonds. The second-order valence-electron chi connectivity index (χ2n) is 6.07. The van der Waals surface area contributed by atoms with Crippen molar-refractivity contribution in [2.75, 3.05) is 19.5 Å². The molecule has 4 rings (SSSR count). The maximum atomic E-state index is 12.6. The number of ether oxygens (including phenoxy) is 2. The van der Waals surface area contributed by atoms with Crippen molar-refractivity contribution < 1.29 is 52.5 Å². The summed E-state index contributed by atoms with van der Waals surface area (Å²) in [5.74, 6) is 1.47. The van der Waals surface area contributed by atoms with Gasteiger partial charge in [-0.3, -0.25) is 10.1 Å². The van der Waals surface area contributed by atoms with Crippen LogP contribution in [-0.2, 0) is 0 Å². The Morgan fingerprint density at radius 2 is 1.50 bits per heavy atom. The van der Waals surface area contributed by atoms with E-state index < -0.39 is 0 Å². The lowest BCUT2D eigenvalue weighted by atomic mass is 10.2. The summed E-state index contributed by atoms with van der Waals surface area (Å²) in [6.45, 7) is 0. The molecule has 0 unspecified atom stereocenters. The van der Waals surface area contributed by atoms with E-state index >= 15 is 0 Å². The van der Waals surface area contributed by atoms with Crippen LogP contribution in [0, 0.1) is 7.14 Å². The molecule has 0 fully saturated rings. The van der Waals surface area contributed by atoms with E-state index in [9.17, 15) is 4.79 Å². The largest absolute Gasteiger partial charge is 1.00 e. The van der Waals surface area contributed by atoms with Crippen molar-refractivity contribution in [1.29, 1.82) is 0 Å². The molecule has 1 aromatic heterocycles. The third-order valence-corrected chi connectivity index (χ3v) is 7.81. The molecular formula is C22H18BrIN2O3S. The number of nitrogens with zero attached hydrogens (tertiary/aromatic N) is 1. The van der Waals surface area contributed by atoms with E-state index in [4.69, 9.17) is 9.47 Å². The van der Waals surface area contributed by atoms with Crippen molar-refractivity contribution in [2.45, 2.75) is 0 Å². The molecule has 0 bridgehead atoms. The van der Waals surface area contributed by atoms with Crippen molar-refractivity contribution in [3.8, 4) is 11.5 Å². The van der Waals surface area contributed by atoms with Gasteiger partial charge in [0.25, 0.3) is 5.91 Å². The Bertz CT molecular complexity index is 1150. The Morgan fingerprint density at radius 1 is 0.900 bits per heavy atom. The second-order valence-corrected chi connectivity index (χ2v) is 10.1. The number of rotatable bonds is 6. The van der Waals surface area contributed by atoms with Crippen molar-refractivity contribution in [3.63, 3.8) is 0 Å². The van der Waals surface area contributed by atoms with Gasteiger partial charge in [-0.15, -0.1) is 0 Å². The molecule has 8 heteroatoms. The molecule has 0 radical (unpaired) electrons. The molecule has 0 saturated heterocycles. The number of methoxy groups -OCH3 is 2. The van der Waals surface area contributed by atoms with Gasteiger partial charge in [0.1, 0.15) is 11.5 Å². The van der Waals surface area contributed by atoms with Gasteiger partial charge in [0.15, 0.2) is 12.3 Å². The molecule has 0 spiro atoms. The number of nitrogens with one attached hydrogen (secondary N) is 1. The molecule has 5 nitrogen and oxygen atoms in total. The van der Waals surface area contributed by atoms with Gasteiger partial charge in [0.2, 0.25) is 0 Å². The zero-order valence-electron chi connectivity index (χ0n) is 16.2. The highest BCUT2D eigenvalue weighted by Gasteiger charge is 2.17. The molecule has 154 valence electrons. The minimum atomic E-state index is -0.300. The Morgan fingerprint density at radius 3 is 2.13 bits per heavy atom. The number of benzene rings is 3. The van der Waals surface area contributed by atoms with Crippen molar-refractivity contribution in [3.05, 3.63) is 79.4 Å². The number of anilines is 1. The number of thiazole rings is 1. The first-order valence-corrected chi connectivity index (χ1v) is 11.8. The molecule has 1 heterocycles. The van der Waals surface area contributed by atoms with Gasteiger partial charge in [-0.1, -0.05) is 11.3 Å². The summed E-state index contributed by atoms with van der Waals surface area (Å²) in [6.07, 6.45) is 0. The highest BCUT2D eigenvalue weighted by molar-refractivity contribution is 7.22. The number of carbonyl (C=O) groups is 1. The average Bonchev–Trinajstić information content (AvgIpc) is 3.16. The molecule has 30 heavy (non-hydrogen) atoms. The van der Waals surface area contributed by atoms with Gasteiger partial charge >= 0.3 is 21.2 Å². The van der Waals surface area contributed by atoms with Crippen molar-refractivity contribution in [2.24, 2.45) is 0 Å². The zero-order valence-corrected chi connectivity index (χ0v) is 20.7. The first kappa shape index (κ1) is 22.5. The lowest BCUT2D eigenvalue weighted by Crippen LogP contribution is -3.61. The summed E-state index contributed by atoms with van der Waals surface area (Å²) in [4.78, 5) is 17.0. The summed E-state index contributed by atoms with van der Waals surface area (Å²) >= 11 is 1.13. The number of hydrogen-bond acceptors (Lipinski definition) is 5. The molecular weight excluding hydrogens is 579 g/mol. The summed E-state index contributed by atoms with van der Waals surface area (Å²) in [5, 5.41) is 3.47. The van der Waals surface area contributed by atoms with Crippen LogP contribution < -0.4 is 53.0 Å². The van der Waals surface area contributed by atoms with Gasteiger partial charge in [0, 0.05) is 5.56 Å². The monoisotopic (exact) mass is 596 g/mol. The van der Waals surface area contributed by atoms with Crippen molar-refractivity contribution >= 4 is 32.6 Å². The first-order valence-electron chi connectivity index (χ1n) is 8.79. The summed E-state index contributed by atoms with van der Waals surface area (Å²) in [6, 6.07) is 21.6. The first-order chi connectivity index (χ1) is 14.1. The fraction of sp³-hybridized carbons (Fsp3) is 0.0909. The van der Waals surface area contributed by atoms with Crippen LogP contribution in [0.25, 0.3) is 10.2 Å². The number of amides is 1. The Labute approximate surface area is 199 Å². The van der Waals surface area contributed by atoms with Crippen LogP contribution in [0.2, 0.25) is 0 Å². The van der Waals surface area contributed by atoms with Crippen LogP contribution >= 0.6 is 11.3 Å². The smallest absolute Gasteiger partial charge is 0.357 e. The third-order valence-electron chi connectivity index (χ3n) is 4.19. The fourth-order valence-electron chi connectivity index (χ4n) is 2.68. The van der Waals surface area contributed by atoms with Crippen LogP contribution in [-0.4, -0.2) is 25.1 Å². The van der Waals surface area contributed by atoms with Crippen LogP contribution in [0.15, 0.2) is 66.7 Å². The molecule has 0 atom stereocenters. The topological polar surface area (TPSA) is 60.5 Å². The highest BCUT2D eigenvalue weighted by atomic mass is 127. The maximum absolute atomic E-state index is 12.6.